The zero-order chi connectivity index (χ0) is 17.9. The molecule has 2 fully saturated rings. The van der Waals surface area contributed by atoms with E-state index in [0.29, 0.717) is 12.6 Å². The Balaban J connectivity index is 1.39. The number of furan rings is 1. The maximum Gasteiger partial charge on any atom is 0.191 e. The van der Waals surface area contributed by atoms with Crippen molar-refractivity contribution in [1.29, 1.82) is 0 Å². The highest BCUT2D eigenvalue weighted by molar-refractivity contribution is 5.82. The van der Waals surface area contributed by atoms with E-state index in [-0.39, 0.29) is 0 Å². The monoisotopic (exact) mass is 354 g/mol. The minimum absolute atomic E-state index is 0.513. The highest BCUT2D eigenvalue weighted by Crippen LogP contribution is 2.29. The van der Waals surface area contributed by atoms with Crippen LogP contribution >= 0.6 is 0 Å². The topological polar surface area (TPSA) is 52.8 Å². The molecule has 0 radical (unpaired) electrons. The first-order valence-electron chi connectivity index (χ1n) is 10.0. The first kappa shape index (κ1) is 17.4. The summed E-state index contributed by atoms with van der Waals surface area (Å²) >= 11 is 0. The van der Waals surface area contributed by atoms with Gasteiger partial charge in [0.2, 0.25) is 0 Å². The van der Waals surface area contributed by atoms with Crippen LogP contribution in [0.1, 0.15) is 43.9 Å². The van der Waals surface area contributed by atoms with Crippen LogP contribution < -0.4 is 10.6 Å². The van der Waals surface area contributed by atoms with Crippen LogP contribution in [0.4, 0.5) is 0 Å². The van der Waals surface area contributed by atoms with E-state index < -0.39 is 0 Å². The minimum atomic E-state index is 0.513. The summed E-state index contributed by atoms with van der Waals surface area (Å²) in [6.07, 6.45) is 5.20. The molecule has 1 aliphatic heterocycles. The van der Waals surface area contributed by atoms with E-state index in [2.05, 4.69) is 41.5 Å². The Kier molecular flexibility index (Phi) is 5.16. The number of nitrogens with one attached hydrogen (secondary N) is 2. The van der Waals surface area contributed by atoms with Crippen LogP contribution in [0, 0.1) is 6.92 Å². The van der Waals surface area contributed by atoms with Gasteiger partial charge in [0.05, 0.1) is 0 Å². The van der Waals surface area contributed by atoms with Crippen molar-refractivity contribution in [3.8, 4) is 0 Å². The standard InChI is InChI=1S/C21H30N4O/c1-3-22-21(24-16-10-12-25(13-11-16)17-8-9-17)23-14-20-15(2)18-6-4-5-7-19(18)26-20/h4-7,16-17H,3,8-14H2,1-2H3,(H2,22,23,24). The average Bonchev–Trinajstić information content (AvgIpc) is 3.46. The Morgan fingerprint density at radius 3 is 2.65 bits per heavy atom. The van der Waals surface area contributed by atoms with Crippen LogP contribution in [-0.2, 0) is 6.54 Å². The third kappa shape index (κ3) is 3.88. The summed E-state index contributed by atoms with van der Waals surface area (Å²) in [6.45, 7) is 8.08. The van der Waals surface area contributed by atoms with Crippen molar-refractivity contribution in [3.63, 3.8) is 0 Å². The summed E-state index contributed by atoms with van der Waals surface area (Å²) < 4.78 is 6.00. The molecule has 5 nitrogen and oxygen atoms in total. The van der Waals surface area contributed by atoms with Crippen molar-refractivity contribution in [3.05, 3.63) is 35.6 Å². The zero-order valence-corrected chi connectivity index (χ0v) is 15.9. The van der Waals surface area contributed by atoms with Gasteiger partial charge < -0.3 is 20.0 Å². The number of benzene rings is 1. The van der Waals surface area contributed by atoms with Crippen LogP contribution in [0.5, 0.6) is 0 Å². The summed E-state index contributed by atoms with van der Waals surface area (Å²) in [6, 6.07) is 9.59. The maximum atomic E-state index is 6.00. The molecule has 0 unspecified atom stereocenters. The lowest BCUT2D eigenvalue weighted by Crippen LogP contribution is -2.49. The number of fused-ring (bicyclic) bond motifs is 1. The number of para-hydroxylation sites is 1. The van der Waals surface area contributed by atoms with Gasteiger partial charge in [-0.25, -0.2) is 4.99 Å². The highest BCUT2D eigenvalue weighted by Gasteiger charge is 2.31. The van der Waals surface area contributed by atoms with Crippen LogP contribution in [0.2, 0.25) is 0 Å². The average molecular weight is 354 g/mol. The number of aliphatic imine (C=N–C) groups is 1. The Morgan fingerprint density at radius 2 is 1.96 bits per heavy atom. The van der Waals surface area contributed by atoms with Gasteiger partial charge in [0.15, 0.2) is 5.96 Å². The summed E-state index contributed by atoms with van der Waals surface area (Å²) in [5.41, 5.74) is 2.14. The van der Waals surface area contributed by atoms with E-state index in [0.717, 1.165) is 29.9 Å². The van der Waals surface area contributed by atoms with Gasteiger partial charge in [0.25, 0.3) is 0 Å². The molecule has 0 spiro atoms. The molecule has 1 saturated heterocycles. The lowest BCUT2D eigenvalue weighted by molar-refractivity contribution is 0.197. The number of hydrogen-bond acceptors (Lipinski definition) is 3. The fourth-order valence-corrected chi connectivity index (χ4v) is 3.89. The van der Waals surface area contributed by atoms with E-state index in [9.17, 15) is 0 Å². The van der Waals surface area contributed by atoms with Crippen molar-refractivity contribution in [1.82, 2.24) is 15.5 Å². The zero-order valence-electron chi connectivity index (χ0n) is 15.9. The first-order chi connectivity index (χ1) is 12.7. The lowest BCUT2D eigenvalue weighted by atomic mass is 10.1. The summed E-state index contributed by atoms with van der Waals surface area (Å²) in [5, 5.41) is 8.20. The molecule has 140 valence electrons. The highest BCUT2D eigenvalue weighted by atomic mass is 16.3. The Labute approximate surface area is 155 Å². The van der Waals surface area contributed by atoms with Crippen molar-refractivity contribution < 1.29 is 4.42 Å². The van der Waals surface area contributed by atoms with E-state index in [1.54, 1.807) is 0 Å². The molecular formula is C21H30N4O. The molecule has 0 amide bonds. The van der Waals surface area contributed by atoms with Gasteiger partial charge in [-0.15, -0.1) is 0 Å². The predicted molar refractivity (Wildman–Crippen MR) is 107 cm³/mol. The molecule has 0 atom stereocenters. The fourth-order valence-electron chi connectivity index (χ4n) is 3.89. The van der Waals surface area contributed by atoms with Gasteiger partial charge in [-0.05, 0) is 45.6 Å². The molecule has 1 aliphatic carbocycles. The van der Waals surface area contributed by atoms with E-state index >= 15 is 0 Å². The predicted octanol–water partition coefficient (Wildman–Crippen LogP) is 3.42. The molecule has 1 aromatic heterocycles. The molecule has 4 rings (SSSR count). The van der Waals surface area contributed by atoms with Gasteiger partial charge in [-0.1, -0.05) is 18.2 Å². The number of aryl methyl sites for hydroxylation is 1. The van der Waals surface area contributed by atoms with E-state index in [4.69, 9.17) is 9.41 Å². The molecule has 5 heteroatoms. The Hall–Kier alpha value is -2.01. The normalized spacial score (nSPS) is 19.8. The largest absolute Gasteiger partial charge is 0.459 e. The summed E-state index contributed by atoms with van der Waals surface area (Å²) in [5.74, 6) is 1.85. The van der Waals surface area contributed by atoms with Crippen molar-refractivity contribution in [2.24, 2.45) is 4.99 Å². The first-order valence-corrected chi connectivity index (χ1v) is 10.0. The van der Waals surface area contributed by atoms with Crippen molar-refractivity contribution in [2.45, 2.75) is 58.2 Å². The number of nitrogens with zero attached hydrogens (tertiary/aromatic N) is 2. The van der Waals surface area contributed by atoms with Crippen molar-refractivity contribution in [2.75, 3.05) is 19.6 Å². The third-order valence-corrected chi connectivity index (χ3v) is 5.60. The number of guanidine groups is 1. The van der Waals surface area contributed by atoms with E-state index in [1.807, 2.05) is 12.1 Å². The second kappa shape index (κ2) is 7.70. The molecule has 2 aromatic rings. The molecule has 2 aliphatic rings. The number of likely N-dealkylation sites (tertiary alicyclic amines) is 1. The van der Waals surface area contributed by atoms with Crippen LogP contribution in [0.3, 0.4) is 0 Å². The van der Waals surface area contributed by atoms with Gasteiger partial charge >= 0.3 is 0 Å². The SMILES string of the molecule is CCNC(=NCc1oc2ccccc2c1C)NC1CCN(C2CC2)CC1. The smallest absolute Gasteiger partial charge is 0.191 e. The van der Waals surface area contributed by atoms with Gasteiger partial charge in [-0.3, -0.25) is 0 Å². The number of rotatable bonds is 5. The van der Waals surface area contributed by atoms with Crippen LogP contribution in [0.25, 0.3) is 11.0 Å². The number of piperidine rings is 1. The molecule has 2 N–H and O–H groups in total. The Morgan fingerprint density at radius 1 is 1.19 bits per heavy atom. The molecule has 2 heterocycles. The second-order valence-corrected chi connectivity index (χ2v) is 7.53. The molecule has 26 heavy (non-hydrogen) atoms. The van der Waals surface area contributed by atoms with Gasteiger partial charge in [0.1, 0.15) is 17.9 Å². The third-order valence-electron chi connectivity index (χ3n) is 5.60. The Bertz CT molecular complexity index is 769. The molecule has 1 saturated carbocycles. The quantitative estimate of drug-likeness (QED) is 0.638. The minimum Gasteiger partial charge on any atom is -0.459 e. The van der Waals surface area contributed by atoms with Gasteiger partial charge in [-0.2, -0.15) is 0 Å². The molecule has 0 bridgehead atoms. The van der Waals surface area contributed by atoms with Crippen LogP contribution in [0.15, 0.2) is 33.7 Å². The molecule has 1 aromatic carbocycles. The maximum absolute atomic E-state index is 6.00. The van der Waals surface area contributed by atoms with Crippen molar-refractivity contribution >= 4 is 16.9 Å². The fraction of sp³-hybridized carbons (Fsp3) is 0.571. The lowest BCUT2D eigenvalue weighted by Gasteiger charge is -2.33. The summed E-state index contributed by atoms with van der Waals surface area (Å²) in [7, 11) is 0. The molecular weight excluding hydrogens is 324 g/mol. The van der Waals surface area contributed by atoms with Gasteiger partial charge in [0, 0.05) is 42.7 Å². The summed E-state index contributed by atoms with van der Waals surface area (Å²) in [4.78, 5) is 7.44. The second-order valence-electron chi connectivity index (χ2n) is 7.53. The number of hydrogen-bond donors (Lipinski definition) is 2. The van der Waals surface area contributed by atoms with Crippen LogP contribution in [-0.4, -0.2) is 42.6 Å². The van der Waals surface area contributed by atoms with E-state index in [1.165, 1.54) is 49.7 Å².